The second kappa shape index (κ2) is 9.79. The van der Waals surface area contributed by atoms with Gasteiger partial charge in [0.1, 0.15) is 0 Å². The standard InChI is InChI=1S/C19H27N3O4/c1-3-5-9-20-17(23)15-7-6-8-16(14-15)18(24)21-10-12-22(13-11-21)19(25)26-4-2/h6-8,14H,3-5,9-13H2,1-2H3,(H,20,23). The van der Waals surface area contributed by atoms with Gasteiger partial charge in [-0.15, -0.1) is 0 Å². The lowest BCUT2D eigenvalue weighted by Crippen LogP contribution is -2.50. The Morgan fingerprint density at radius 2 is 1.69 bits per heavy atom. The van der Waals surface area contributed by atoms with Crippen molar-refractivity contribution in [2.45, 2.75) is 26.7 Å². The number of hydrogen-bond acceptors (Lipinski definition) is 4. The highest BCUT2D eigenvalue weighted by Crippen LogP contribution is 2.12. The van der Waals surface area contributed by atoms with Crippen LogP contribution in [0.5, 0.6) is 0 Å². The highest BCUT2D eigenvalue weighted by molar-refractivity contribution is 5.99. The van der Waals surface area contributed by atoms with Crippen LogP contribution >= 0.6 is 0 Å². The molecular formula is C19H27N3O4. The first-order valence-corrected chi connectivity index (χ1v) is 9.16. The van der Waals surface area contributed by atoms with Gasteiger partial charge in [0.25, 0.3) is 11.8 Å². The Balaban J connectivity index is 1.95. The number of benzene rings is 1. The van der Waals surface area contributed by atoms with Crippen LogP contribution in [0.15, 0.2) is 24.3 Å². The van der Waals surface area contributed by atoms with Gasteiger partial charge in [0.05, 0.1) is 6.61 Å². The summed E-state index contributed by atoms with van der Waals surface area (Å²) in [6, 6.07) is 6.76. The Morgan fingerprint density at radius 1 is 1.04 bits per heavy atom. The molecule has 7 heteroatoms. The zero-order valence-corrected chi connectivity index (χ0v) is 15.5. The number of hydrogen-bond donors (Lipinski definition) is 1. The van der Waals surface area contributed by atoms with Crippen molar-refractivity contribution in [1.29, 1.82) is 0 Å². The molecule has 0 radical (unpaired) electrons. The van der Waals surface area contributed by atoms with E-state index >= 15 is 0 Å². The van der Waals surface area contributed by atoms with Crippen molar-refractivity contribution >= 4 is 17.9 Å². The summed E-state index contributed by atoms with van der Waals surface area (Å²) in [6.07, 6.45) is 1.59. The van der Waals surface area contributed by atoms with Crippen LogP contribution in [-0.4, -0.2) is 67.0 Å². The van der Waals surface area contributed by atoms with Gasteiger partial charge in [0.2, 0.25) is 0 Å². The number of nitrogens with zero attached hydrogens (tertiary/aromatic N) is 2. The van der Waals surface area contributed by atoms with Crippen LogP contribution in [0.2, 0.25) is 0 Å². The third-order valence-electron chi connectivity index (χ3n) is 4.28. The summed E-state index contributed by atoms with van der Waals surface area (Å²) in [4.78, 5) is 39.9. The lowest BCUT2D eigenvalue weighted by atomic mass is 10.1. The van der Waals surface area contributed by atoms with E-state index in [0.29, 0.717) is 50.5 Å². The number of piperazine rings is 1. The van der Waals surface area contributed by atoms with Gasteiger partial charge in [-0.2, -0.15) is 0 Å². The number of unbranched alkanes of at least 4 members (excludes halogenated alkanes) is 1. The van der Waals surface area contributed by atoms with Gasteiger partial charge in [-0.25, -0.2) is 4.79 Å². The number of rotatable bonds is 6. The molecule has 1 aromatic carbocycles. The normalized spacial score (nSPS) is 14.1. The summed E-state index contributed by atoms with van der Waals surface area (Å²) in [5.41, 5.74) is 0.967. The average molecular weight is 361 g/mol. The Bertz CT molecular complexity index is 639. The molecule has 7 nitrogen and oxygen atoms in total. The van der Waals surface area contributed by atoms with Crippen molar-refractivity contribution in [3.63, 3.8) is 0 Å². The number of ether oxygens (including phenoxy) is 1. The van der Waals surface area contributed by atoms with E-state index in [9.17, 15) is 14.4 Å². The van der Waals surface area contributed by atoms with E-state index in [1.54, 1.807) is 41.0 Å². The molecule has 26 heavy (non-hydrogen) atoms. The van der Waals surface area contributed by atoms with Crippen LogP contribution in [0.25, 0.3) is 0 Å². The van der Waals surface area contributed by atoms with Crippen molar-refractivity contribution < 1.29 is 19.1 Å². The smallest absolute Gasteiger partial charge is 0.409 e. The van der Waals surface area contributed by atoms with Gasteiger partial charge >= 0.3 is 6.09 Å². The summed E-state index contributed by atoms with van der Waals surface area (Å²) in [6.45, 7) is 6.59. The minimum Gasteiger partial charge on any atom is -0.450 e. The first-order chi connectivity index (χ1) is 12.6. The molecule has 0 spiro atoms. The van der Waals surface area contributed by atoms with E-state index < -0.39 is 0 Å². The Labute approximate surface area is 154 Å². The van der Waals surface area contributed by atoms with E-state index in [0.717, 1.165) is 12.8 Å². The van der Waals surface area contributed by atoms with E-state index in [1.807, 2.05) is 0 Å². The fraction of sp³-hybridized carbons (Fsp3) is 0.526. The molecule has 0 atom stereocenters. The summed E-state index contributed by atoms with van der Waals surface area (Å²) in [7, 11) is 0. The first-order valence-electron chi connectivity index (χ1n) is 9.16. The zero-order chi connectivity index (χ0) is 18.9. The molecule has 1 fully saturated rings. The molecule has 0 unspecified atom stereocenters. The maximum Gasteiger partial charge on any atom is 0.409 e. The molecule has 2 rings (SSSR count). The molecular weight excluding hydrogens is 334 g/mol. The van der Waals surface area contributed by atoms with E-state index in [4.69, 9.17) is 4.74 Å². The van der Waals surface area contributed by atoms with Crippen LogP contribution in [0.3, 0.4) is 0 Å². The molecule has 1 aromatic rings. The molecule has 1 aliphatic rings. The Hall–Kier alpha value is -2.57. The summed E-state index contributed by atoms with van der Waals surface area (Å²) in [5, 5.41) is 2.85. The highest BCUT2D eigenvalue weighted by Gasteiger charge is 2.25. The monoisotopic (exact) mass is 361 g/mol. The summed E-state index contributed by atoms with van der Waals surface area (Å²) >= 11 is 0. The summed E-state index contributed by atoms with van der Waals surface area (Å²) in [5.74, 6) is -0.294. The lowest BCUT2D eigenvalue weighted by Gasteiger charge is -2.34. The predicted molar refractivity (Wildman–Crippen MR) is 98.2 cm³/mol. The third-order valence-corrected chi connectivity index (χ3v) is 4.28. The molecule has 1 aliphatic heterocycles. The van der Waals surface area contributed by atoms with Gasteiger partial charge in [0.15, 0.2) is 0 Å². The fourth-order valence-electron chi connectivity index (χ4n) is 2.76. The molecule has 142 valence electrons. The number of carbonyl (C=O) groups excluding carboxylic acids is 3. The van der Waals surface area contributed by atoms with Crippen molar-refractivity contribution in [2.24, 2.45) is 0 Å². The predicted octanol–water partition coefficient (Wildman–Crippen LogP) is 2.13. The summed E-state index contributed by atoms with van der Waals surface area (Å²) < 4.78 is 4.98. The molecule has 0 aliphatic carbocycles. The van der Waals surface area contributed by atoms with Gasteiger partial charge in [-0.05, 0) is 31.5 Å². The molecule has 1 heterocycles. The second-order valence-corrected chi connectivity index (χ2v) is 6.17. The SMILES string of the molecule is CCCCNC(=O)c1cccc(C(=O)N2CCN(C(=O)OCC)CC2)c1. The Morgan fingerprint density at radius 3 is 2.35 bits per heavy atom. The van der Waals surface area contributed by atoms with Gasteiger partial charge in [-0.3, -0.25) is 9.59 Å². The number of amides is 3. The molecule has 0 aromatic heterocycles. The molecule has 0 bridgehead atoms. The topological polar surface area (TPSA) is 79.0 Å². The molecule has 0 saturated carbocycles. The van der Waals surface area contributed by atoms with Crippen molar-refractivity contribution in [3.8, 4) is 0 Å². The third kappa shape index (κ3) is 5.21. The second-order valence-electron chi connectivity index (χ2n) is 6.17. The quantitative estimate of drug-likeness (QED) is 0.787. The van der Waals surface area contributed by atoms with E-state index in [-0.39, 0.29) is 17.9 Å². The molecule has 1 N–H and O–H groups in total. The fourth-order valence-corrected chi connectivity index (χ4v) is 2.76. The van der Waals surface area contributed by atoms with Gasteiger partial charge < -0.3 is 19.9 Å². The zero-order valence-electron chi connectivity index (χ0n) is 15.5. The maximum atomic E-state index is 12.7. The van der Waals surface area contributed by atoms with Crippen LogP contribution in [-0.2, 0) is 4.74 Å². The van der Waals surface area contributed by atoms with E-state index in [1.165, 1.54) is 0 Å². The maximum absolute atomic E-state index is 12.7. The van der Waals surface area contributed by atoms with Gasteiger partial charge in [-0.1, -0.05) is 19.4 Å². The molecule has 1 saturated heterocycles. The largest absolute Gasteiger partial charge is 0.450 e. The van der Waals surface area contributed by atoms with Gasteiger partial charge in [0, 0.05) is 43.9 Å². The van der Waals surface area contributed by atoms with Crippen LogP contribution in [0, 0.1) is 0 Å². The van der Waals surface area contributed by atoms with Crippen molar-refractivity contribution in [3.05, 3.63) is 35.4 Å². The number of carbonyl (C=O) groups is 3. The first kappa shape index (κ1) is 19.8. The Kier molecular flexibility index (Phi) is 7.44. The lowest BCUT2D eigenvalue weighted by molar-refractivity contribution is 0.0570. The van der Waals surface area contributed by atoms with Crippen LogP contribution in [0.1, 0.15) is 47.4 Å². The molecule has 3 amide bonds. The van der Waals surface area contributed by atoms with Crippen molar-refractivity contribution in [1.82, 2.24) is 15.1 Å². The number of nitrogens with one attached hydrogen (secondary N) is 1. The highest BCUT2D eigenvalue weighted by atomic mass is 16.6. The minimum atomic E-state index is -0.342. The van der Waals surface area contributed by atoms with Crippen LogP contribution < -0.4 is 5.32 Å². The average Bonchev–Trinajstić information content (AvgIpc) is 2.68. The minimum absolute atomic E-state index is 0.128. The van der Waals surface area contributed by atoms with E-state index in [2.05, 4.69) is 12.2 Å². The van der Waals surface area contributed by atoms with Crippen molar-refractivity contribution in [2.75, 3.05) is 39.3 Å². The van der Waals surface area contributed by atoms with Crippen LogP contribution in [0.4, 0.5) is 4.79 Å².